The number of benzene rings is 1. The Balaban J connectivity index is 2.00. The van der Waals surface area contributed by atoms with Gasteiger partial charge in [-0.05, 0) is 30.5 Å². The highest BCUT2D eigenvalue weighted by Crippen LogP contribution is 2.20. The third-order valence-corrected chi connectivity index (χ3v) is 3.46. The highest BCUT2D eigenvalue weighted by molar-refractivity contribution is 5.97. The highest BCUT2D eigenvalue weighted by Gasteiger charge is 2.15. The molecule has 1 saturated heterocycles. The van der Waals surface area contributed by atoms with Crippen molar-refractivity contribution in [3.63, 3.8) is 0 Å². The Morgan fingerprint density at radius 1 is 1.60 bits per heavy atom. The predicted octanol–water partition coefficient (Wildman–Crippen LogP) is 0.916. The summed E-state index contributed by atoms with van der Waals surface area (Å²) in [5, 5.41) is 15.1. The fourth-order valence-electron chi connectivity index (χ4n) is 2.29. The molecule has 110 valence electrons. The van der Waals surface area contributed by atoms with Crippen LogP contribution in [0.25, 0.3) is 0 Å². The summed E-state index contributed by atoms with van der Waals surface area (Å²) < 4.78 is 10.7. The van der Waals surface area contributed by atoms with Crippen molar-refractivity contribution in [2.75, 3.05) is 26.9 Å². The largest absolute Gasteiger partial charge is 0.496 e. The summed E-state index contributed by atoms with van der Waals surface area (Å²) in [5.41, 5.74) is 7.26. The summed E-state index contributed by atoms with van der Waals surface area (Å²) in [6.07, 6.45) is 1.11. The first-order valence-electron chi connectivity index (χ1n) is 6.68. The van der Waals surface area contributed by atoms with Gasteiger partial charge in [0.15, 0.2) is 5.84 Å². The third kappa shape index (κ3) is 3.61. The minimum Gasteiger partial charge on any atom is -0.496 e. The van der Waals surface area contributed by atoms with Gasteiger partial charge in [0, 0.05) is 30.8 Å². The molecular weight excluding hydrogens is 258 g/mol. The van der Waals surface area contributed by atoms with Crippen LogP contribution in [0.3, 0.4) is 0 Å². The van der Waals surface area contributed by atoms with Crippen molar-refractivity contribution >= 4 is 5.84 Å². The van der Waals surface area contributed by atoms with E-state index in [1.54, 1.807) is 13.2 Å². The molecule has 1 aliphatic rings. The Hall–Kier alpha value is -1.79. The number of amidine groups is 1. The number of hydrogen-bond acceptors (Lipinski definition) is 5. The Labute approximate surface area is 118 Å². The number of methoxy groups -OCH3 is 1. The normalized spacial score (nSPS) is 19.2. The zero-order chi connectivity index (χ0) is 14.4. The molecule has 0 spiro atoms. The van der Waals surface area contributed by atoms with Gasteiger partial charge in [0.05, 0.1) is 13.7 Å². The zero-order valence-corrected chi connectivity index (χ0v) is 11.6. The van der Waals surface area contributed by atoms with Gasteiger partial charge in [-0.1, -0.05) is 5.16 Å². The molecule has 1 heterocycles. The van der Waals surface area contributed by atoms with Crippen LogP contribution in [0.15, 0.2) is 23.4 Å². The molecule has 1 unspecified atom stereocenters. The van der Waals surface area contributed by atoms with Gasteiger partial charge >= 0.3 is 0 Å². The van der Waals surface area contributed by atoms with Crippen molar-refractivity contribution in [1.29, 1.82) is 0 Å². The summed E-state index contributed by atoms with van der Waals surface area (Å²) in [4.78, 5) is 0. The molecule has 0 bridgehead atoms. The summed E-state index contributed by atoms with van der Waals surface area (Å²) in [6.45, 7) is 3.27. The van der Waals surface area contributed by atoms with E-state index in [1.165, 1.54) is 0 Å². The van der Waals surface area contributed by atoms with E-state index in [9.17, 15) is 0 Å². The SMILES string of the molecule is COc1ccc(/C(N)=N/O)cc1CNCC1CCOC1. The predicted molar refractivity (Wildman–Crippen MR) is 76.1 cm³/mol. The van der Waals surface area contributed by atoms with Crippen LogP contribution in [0.5, 0.6) is 5.75 Å². The summed E-state index contributed by atoms with van der Waals surface area (Å²) in [7, 11) is 1.63. The average molecular weight is 279 g/mol. The molecule has 0 aliphatic carbocycles. The van der Waals surface area contributed by atoms with Crippen LogP contribution in [0.4, 0.5) is 0 Å². The van der Waals surface area contributed by atoms with Crippen molar-refractivity contribution in [1.82, 2.24) is 5.32 Å². The number of oxime groups is 1. The number of ether oxygens (including phenoxy) is 2. The van der Waals surface area contributed by atoms with Crippen LogP contribution >= 0.6 is 0 Å². The lowest BCUT2D eigenvalue weighted by Gasteiger charge is -2.13. The van der Waals surface area contributed by atoms with Gasteiger partial charge in [0.25, 0.3) is 0 Å². The molecule has 4 N–H and O–H groups in total. The van der Waals surface area contributed by atoms with E-state index in [1.807, 2.05) is 12.1 Å². The Morgan fingerprint density at radius 2 is 2.45 bits per heavy atom. The fourth-order valence-corrected chi connectivity index (χ4v) is 2.29. The van der Waals surface area contributed by atoms with Crippen molar-refractivity contribution in [3.8, 4) is 5.75 Å². The van der Waals surface area contributed by atoms with Gasteiger partial charge in [0.2, 0.25) is 0 Å². The van der Waals surface area contributed by atoms with E-state index in [4.69, 9.17) is 20.4 Å². The van der Waals surface area contributed by atoms with Gasteiger partial charge in [0.1, 0.15) is 5.75 Å². The van der Waals surface area contributed by atoms with E-state index < -0.39 is 0 Å². The van der Waals surface area contributed by atoms with Crippen LogP contribution < -0.4 is 15.8 Å². The minimum atomic E-state index is 0.0955. The molecule has 0 saturated carbocycles. The minimum absolute atomic E-state index is 0.0955. The van der Waals surface area contributed by atoms with Gasteiger partial charge < -0.3 is 25.7 Å². The lowest BCUT2D eigenvalue weighted by atomic mass is 10.1. The molecule has 1 aliphatic heterocycles. The Morgan fingerprint density at radius 3 is 3.10 bits per heavy atom. The first-order valence-corrected chi connectivity index (χ1v) is 6.68. The van der Waals surface area contributed by atoms with Gasteiger partial charge in [-0.25, -0.2) is 0 Å². The molecule has 1 fully saturated rings. The van der Waals surface area contributed by atoms with Crippen molar-refractivity contribution < 1.29 is 14.7 Å². The molecule has 0 radical (unpaired) electrons. The first kappa shape index (κ1) is 14.6. The molecular formula is C14H21N3O3. The molecule has 0 amide bonds. The maximum Gasteiger partial charge on any atom is 0.170 e. The molecule has 6 heteroatoms. The van der Waals surface area contributed by atoms with E-state index in [2.05, 4.69) is 10.5 Å². The van der Waals surface area contributed by atoms with Crippen molar-refractivity contribution in [2.45, 2.75) is 13.0 Å². The smallest absolute Gasteiger partial charge is 0.170 e. The summed E-state index contributed by atoms with van der Waals surface area (Å²) in [5.74, 6) is 1.46. The quantitative estimate of drug-likeness (QED) is 0.312. The average Bonchev–Trinajstić information content (AvgIpc) is 2.99. The number of nitrogens with zero attached hydrogens (tertiary/aromatic N) is 1. The molecule has 1 aromatic carbocycles. The molecule has 1 atom stereocenters. The van der Waals surface area contributed by atoms with Gasteiger partial charge in [-0.2, -0.15) is 0 Å². The van der Waals surface area contributed by atoms with E-state index in [0.29, 0.717) is 18.0 Å². The summed E-state index contributed by atoms with van der Waals surface area (Å²) >= 11 is 0. The van der Waals surface area contributed by atoms with Crippen LogP contribution in [-0.4, -0.2) is 37.9 Å². The molecule has 0 aromatic heterocycles. The van der Waals surface area contributed by atoms with Crippen LogP contribution in [-0.2, 0) is 11.3 Å². The Bertz CT molecular complexity index is 471. The van der Waals surface area contributed by atoms with Gasteiger partial charge in [-0.3, -0.25) is 0 Å². The number of nitrogens with one attached hydrogen (secondary N) is 1. The lowest BCUT2D eigenvalue weighted by Crippen LogP contribution is -2.23. The second-order valence-corrected chi connectivity index (χ2v) is 4.87. The Kier molecular flexibility index (Phi) is 5.20. The lowest BCUT2D eigenvalue weighted by molar-refractivity contribution is 0.185. The summed E-state index contributed by atoms with van der Waals surface area (Å²) in [6, 6.07) is 5.46. The maximum atomic E-state index is 8.73. The standard InChI is InChI=1S/C14H21N3O3/c1-19-13-3-2-11(14(15)17-18)6-12(13)8-16-7-10-4-5-20-9-10/h2-3,6,10,16,18H,4-5,7-9H2,1H3,(H2,15,17). The maximum absolute atomic E-state index is 8.73. The number of nitrogens with two attached hydrogens (primary N) is 1. The van der Waals surface area contributed by atoms with E-state index in [-0.39, 0.29) is 5.84 Å². The first-order chi connectivity index (χ1) is 9.74. The second kappa shape index (κ2) is 7.12. The van der Waals surface area contributed by atoms with E-state index in [0.717, 1.165) is 37.5 Å². The van der Waals surface area contributed by atoms with Crippen LogP contribution in [0, 0.1) is 5.92 Å². The number of rotatable bonds is 6. The molecule has 2 rings (SSSR count). The van der Waals surface area contributed by atoms with Crippen LogP contribution in [0.1, 0.15) is 17.5 Å². The third-order valence-electron chi connectivity index (χ3n) is 3.46. The molecule has 1 aromatic rings. The van der Waals surface area contributed by atoms with Crippen molar-refractivity contribution in [2.24, 2.45) is 16.8 Å². The van der Waals surface area contributed by atoms with Gasteiger partial charge in [-0.15, -0.1) is 0 Å². The highest BCUT2D eigenvalue weighted by atomic mass is 16.5. The monoisotopic (exact) mass is 279 g/mol. The zero-order valence-electron chi connectivity index (χ0n) is 11.6. The van der Waals surface area contributed by atoms with E-state index >= 15 is 0 Å². The molecule has 6 nitrogen and oxygen atoms in total. The topological polar surface area (TPSA) is 89.1 Å². The van der Waals surface area contributed by atoms with Crippen molar-refractivity contribution in [3.05, 3.63) is 29.3 Å². The number of hydrogen-bond donors (Lipinski definition) is 3. The molecule has 20 heavy (non-hydrogen) atoms. The van der Waals surface area contributed by atoms with Crippen LogP contribution in [0.2, 0.25) is 0 Å². The fraction of sp³-hybridized carbons (Fsp3) is 0.500. The second-order valence-electron chi connectivity index (χ2n) is 4.87.